The van der Waals surface area contributed by atoms with Crippen LogP contribution in [-0.2, 0) is 14.3 Å². The number of ether oxygens (including phenoxy) is 2. The van der Waals surface area contributed by atoms with Crippen molar-refractivity contribution in [3.8, 4) is 6.07 Å². The number of esters is 2. The van der Waals surface area contributed by atoms with Gasteiger partial charge in [0.2, 0.25) is 0 Å². The lowest BCUT2D eigenvalue weighted by Gasteiger charge is -2.18. The SMILES string of the molecule is CCOC(=O)c1c(C(C)C)csc1N/C=C(/C#N)C(=O)OC(C)(C)C. The molecule has 0 atom stereocenters. The second kappa shape index (κ2) is 8.67. The lowest BCUT2D eigenvalue weighted by atomic mass is 10.0. The highest BCUT2D eigenvalue weighted by Crippen LogP contribution is 2.33. The van der Waals surface area contributed by atoms with Gasteiger partial charge in [-0.15, -0.1) is 11.3 Å². The number of rotatable bonds is 6. The van der Waals surface area contributed by atoms with Crippen molar-refractivity contribution in [2.45, 2.75) is 53.1 Å². The van der Waals surface area contributed by atoms with E-state index in [4.69, 9.17) is 9.47 Å². The van der Waals surface area contributed by atoms with E-state index in [2.05, 4.69) is 5.32 Å². The maximum absolute atomic E-state index is 12.3. The summed E-state index contributed by atoms with van der Waals surface area (Å²) in [7, 11) is 0. The van der Waals surface area contributed by atoms with Crippen molar-refractivity contribution < 1.29 is 19.1 Å². The summed E-state index contributed by atoms with van der Waals surface area (Å²) >= 11 is 1.32. The Kier molecular flexibility index (Phi) is 7.19. The van der Waals surface area contributed by atoms with Gasteiger partial charge in [-0.2, -0.15) is 5.26 Å². The Bertz CT molecular complexity index is 706. The maximum atomic E-state index is 12.3. The highest BCUT2D eigenvalue weighted by atomic mass is 32.1. The molecular weight excluding hydrogens is 340 g/mol. The van der Waals surface area contributed by atoms with E-state index in [1.54, 1.807) is 27.7 Å². The fraction of sp³-hybridized carbons (Fsp3) is 0.500. The smallest absolute Gasteiger partial charge is 0.350 e. The summed E-state index contributed by atoms with van der Waals surface area (Å²) in [5.74, 6) is -1.02. The van der Waals surface area contributed by atoms with E-state index in [0.717, 1.165) is 5.56 Å². The van der Waals surface area contributed by atoms with Crippen LogP contribution in [0.1, 0.15) is 63.4 Å². The third kappa shape index (κ3) is 5.91. The molecule has 0 spiro atoms. The normalized spacial score (nSPS) is 11.8. The van der Waals surface area contributed by atoms with Crippen LogP contribution in [0.15, 0.2) is 17.2 Å². The Balaban J connectivity index is 3.11. The number of thiophene rings is 1. The molecule has 7 heteroatoms. The first-order valence-electron chi connectivity index (χ1n) is 7.99. The topological polar surface area (TPSA) is 88.4 Å². The molecule has 0 fully saturated rings. The second-order valence-electron chi connectivity index (χ2n) is 6.59. The molecule has 0 bridgehead atoms. The van der Waals surface area contributed by atoms with Crippen molar-refractivity contribution in [1.82, 2.24) is 0 Å². The second-order valence-corrected chi connectivity index (χ2v) is 7.47. The Morgan fingerprint density at radius 2 is 2.04 bits per heavy atom. The third-order valence-electron chi connectivity index (χ3n) is 3.01. The van der Waals surface area contributed by atoms with Gasteiger partial charge in [-0.05, 0) is 44.6 Å². The van der Waals surface area contributed by atoms with E-state index in [1.165, 1.54) is 17.5 Å². The monoisotopic (exact) mass is 364 g/mol. The van der Waals surface area contributed by atoms with E-state index in [0.29, 0.717) is 10.6 Å². The van der Waals surface area contributed by atoms with Crippen molar-refractivity contribution in [3.63, 3.8) is 0 Å². The summed E-state index contributed by atoms with van der Waals surface area (Å²) < 4.78 is 10.3. The molecule has 136 valence electrons. The van der Waals surface area contributed by atoms with Gasteiger partial charge in [0, 0.05) is 6.20 Å². The summed E-state index contributed by atoms with van der Waals surface area (Å²) in [5.41, 5.74) is 0.413. The largest absolute Gasteiger partial charge is 0.462 e. The number of hydrogen-bond acceptors (Lipinski definition) is 7. The Morgan fingerprint density at radius 1 is 1.40 bits per heavy atom. The quantitative estimate of drug-likeness (QED) is 0.462. The summed E-state index contributed by atoms with van der Waals surface area (Å²) in [6, 6.07) is 1.81. The molecule has 6 nitrogen and oxygen atoms in total. The molecule has 1 aromatic rings. The summed E-state index contributed by atoms with van der Waals surface area (Å²) in [6.07, 6.45) is 1.26. The van der Waals surface area contributed by atoms with Crippen LogP contribution >= 0.6 is 11.3 Å². The fourth-order valence-corrected chi connectivity index (χ4v) is 3.00. The standard InChI is InChI=1S/C18H24N2O4S/c1-7-23-17(22)14-13(11(2)3)10-25-15(14)20-9-12(8-19)16(21)24-18(4,5)6/h9-11,20H,7H2,1-6H3/b12-9-. The zero-order chi connectivity index (χ0) is 19.2. The lowest BCUT2D eigenvalue weighted by molar-refractivity contribution is -0.149. The number of nitriles is 1. The Labute approximate surface area is 152 Å². The van der Waals surface area contributed by atoms with Crippen molar-refractivity contribution in [2.75, 3.05) is 11.9 Å². The van der Waals surface area contributed by atoms with Gasteiger partial charge in [0.15, 0.2) is 5.57 Å². The first-order chi connectivity index (χ1) is 11.6. The van der Waals surface area contributed by atoms with Gasteiger partial charge < -0.3 is 14.8 Å². The molecule has 1 rings (SSSR count). The molecular formula is C18H24N2O4S. The van der Waals surface area contributed by atoms with Crippen LogP contribution in [0.2, 0.25) is 0 Å². The van der Waals surface area contributed by atoms with E-state index in [-0.39, 0.29) is 18.1 Å². The highest BCUT2D eigenvalue weighted by Gasteiger charge is 2.23. The van der Waals surface area contributed by atoms with Gasteiger partial charge in [-0.3, -0.25) is 0 Å². The summed E-state index contributed by atoms with van der Waals surface area (Å²) in [5, 5.41) is 14.5. The van der Waals surface area contributed by atoms with Crippen LogP contribution in [0.25, 0.3) is 0 Å². The van der Waals surface area contributed by atoms with Crippen LogP contribution < -0.4 is 5.32 Å². The van der Waals surface area contributed by atoms with Gasteiger partial charge in [-0.25, -0.2) is 9.59 Å². The Hall–Kier alpha value is -2.33. The predicted molar refractivity (Wildman–Crippen MR) is 97.5 cm³/mol. The molecule has 1 N–H and O–H groups in total. The van der Waals surface area contributed by atoms with Gasteiger partial charge in [-0.1, -0.05) is 13.8 Å². The van der Waals surface area contributed by atoms with Gasteiger partial charge >= 0.3 is 11.9 Å². The molecule has 0 amide bonds. The minimum Gasteiger partial charge on any atom is -0.462 e. The number of anilines is 1. The molecule has 0 saturated heterocycles. The van der Waals surface area contributed by atoms with Crippen LogP contribution in [-0.4, -0.2) is 24.1 Å². The van der Waals surface area contributed by atoms with Crippen LogP contribution in [0.4, 0.5) is 5.00 Å². The number of nitrogens with one attached hydrogen (secondary N) is 1. The predicted octanol–water partition coefficient (Wildman–Crippen LogP) is 4.21. The first-order valence-corrected chi connectivity index (χ1v) is 8.87. The van der Waals surface area contributed by atoms with Gasteiger partial charge in [0.25, 0.3) is 0 Å². The zero-order valence-corrected chi connectivity index (χ0v) is 16.2. The van der Waals surface area contributed by atoms with Crippen LogP contribution in [0.5, 0.6) is 0 Å². The molecule has 0 aliphatic heterocycles. The molecule has 0 unspecified atom stereocenters. The number of hydrogen-bond donors (Lipinski definition) is 1. The fourth-order valence-electron chi connectivity index (χ4n) is 1.92. The average molecular weight is 364 g/mol. The zero-order valence-electron chi connectivity index (χ0n) is 15.4. The van der Waals surface area contributed by atoms with Crippen LogP contribution in [0.3, 0.4) is 0 Å². The van der Waals surface area contributed by atoms with Crippen molar-refractivity contribution in [3.05, 3.63) is 28.3 Å². The summed E-state index contributed by atoms with van der Waals surface area (Å²) in [4.78, 5) is 24.3. The number of carbonyl (C=O) groups is 2. The molecule has 0 saturated carbocycles. The molecule has 1 aromatic heterocycles. The van der Waals surface area contributed by atoms with Gasteiger partial charge in [0.1, 0.15) is 16.7 Å². The Morgan fingerprint density at radius 3 is 2.52 bits per heavy atom. The van der Waals surface area contributed by atoms with E-state index in [9.17, 15) is 14.9 Å². The minimum absolute atomic E-state index is 0.136. The first kappa shape index (κ1) is 20.7. The van der Waals surface area contributed by atoms with Gasteiger partial charge in [0.05, 0.1) is 12.2 Å². The van der Waals surface area contributed by atoms with E-state index in [1.807, 2.05) is 25.3 Å². The average Bonchev–Trinajstić information content (AvgIpc) is 2.90. The summed E-state index contributed by atoms with van der Waals surface area (Å²) in [6.45, 7) is 11.1. The molecule has 0 aliphatic rings. The minimum atomic E-state index is -0.721. The molecule has 25 heavy (non-hydrogen) atoms. The molecule has 1 heterocycles. The molecule has 0 aromatic carbocycles. The maximum Gasteiger partial charge on any atom is 0.350 e. The van der Waals surface area contributed by atoms with E-state index < -0.39 is 17.5 Å². The van der Waals surface area contributed by atoms with E-state index >= 15 is 0 Å². The number of carbonyl (C=O) groups excluding carboxylic acids is 2. The third-order valence-corrected chi connectivity index (χ3v) is 3.94. The number of nitrogens with zero attached hydrogens (tertiary/aromatic N) is 1. The highest BCUT2D eigenvalue weighted by molar-refractivity contribution is 7.14. The van der Waals surface area contributed by atoms with Crippen molar-refractivity contribution >= 4 is 28.3 Å². The van der Waals surface area contributed by atoms with Crippen molar-refractivity contribution in [1.29, 1.82) is 5.26 Å². The van der Waals surface area contributed by atoms with Crippen molar-refractivity contribution in [2.24, 2.45) is 0 Å². The van der Waals surface area contributed by atoms with Crippen LogP contribution in [0, 0.1) is 11.3 Å². The molecule has 0 radical (unpaired) electrons. The lowest BCUT2D eigenvalue weighted by Crippen LogP contribution is -2.24. The molecule has 0 aliphatic carbocycles.